The van der Waals surface area contributed by atoms with Crippen LogP contribution in [0.5, 0.6) is 0 Å². The van der Waals surface area contributed by atoms with Crippen molar-refractivity contribution < 1.29 is 13.5 Å². The van der Waals surface area contributed by atoms with Gasteiger partial charge in [0.25, 0.3) is 6.43 Å². The van der Waals surface area contributed by atoms with E-state index in [0.29, 0.717) is 6.42 Å². The molecule has 0 radical (unpaired) electrons. The summed E-state index contributed by atoms with van der Waals surface area (Å²) < 4.78 is 28.4. The molecule has 0 aliphatic heterocycles. The molecule has 0 spiro atoms. The molecule has 0 saturated carbocycles. The second-order valence-electron chi connectivity index (χ2n) is 3.46. The first kappa shape index (κ1) is 13.5. The number of hydrogen-bond acceptors (Lipinski definition) is 4. The van der Waals surface area contributed by atoms with Gasteiger partial charge in [-0.1, -0.05) is 0 Å². The highest BCUT2D eigenvalue weighted by molar-refractivity contribution is 7.10. The van der Waals surface area contributed by atoms with Crippen LogP contribution >= 0.6 is 11.3 Å². The predicted octanol–water partition coefficient (Wildman–Crippen LogP) is 2.23. The minimum atomic E-state index is -2.41. The number of alkyl halides is 2. The van der Waals surface area contributed by atoms with Gasteiger partial charge in [-0.25, -0.2) is 8.78 Å². The Kier molecular flexibility index (Phi) is 5.83. The molecule has 0 fully saturated rings. The third-order valence-electron chi connectivity index (χ3n) is 2.15. The molecule has 1 heterocycles. The van der Waals surface area contributed by atoms with E-state index in [0.717, 1.165) is 5.56 Å². The Morgan fingerprint density at radius 2 is 2.31 bits per heavy atom. The van der Waals surface area contributed by atoms with Gasteiger partial charge < -0.3 is 4.74 Å². The SMILES string of the molecule is Cc1cc(C(CCOCC(F)F)NN)cs1. The summed E-state index contributed by atoms with van der Waals surface area (Å²) in [6, 6.07) is 1.99. The Labute approximate surface area is 97.6 Å². The van der Waals surface area contributed by atoms with Crippen LogP contribution in [0.3, 0.4) is 0 Å². The molecule has 92 valence electrons. The lowest BCUT2D eigenvalue weighted by Crippen LogP contribution is -2.28. The lowest BCUT2D eigenvalue weighted by molar-refractivity contribution is 0.0144. The quantitative estimate of drug-likeness (QED) is 0.443. The molecule has 0 aromatic carbocycles. The van der Waals surface area contributed by atoms with Crippen molar-refractivity contribution in [2.75, 3.05) is 13.2 Å². The van der Waals surface area contributed by atoms with Crippen molar-refractivity contribution in [1.29, 1.82) is 0 Å². The maximum atomic E-state index is 11.8. The third-order valence-corrected chi connectivity index (χ3v) is 3.03. The van der Waals surface area contributed by atoms with Crippen LogP contribution in [0.2, 0.25) is 0 Å². The molecule has 1 unspecified atom stereocenters. The van der Waals surface area contributed by atoms with Gasteiger partial charge in [-0.15, -0.1) is 11.3 Å². The van der Waals surface area contributed by atoms with Crippen LogP contribution in [0, 0.1) is 6.92 Å². The second-order valence-corrected chi connectivity index (χ2v) is 4.58. The average Bonchev–Trinajstić information content (AvgIpc) is 2.64. The van der Waals surface area contributed by atoms with Crippen LogP contribution in [0.15, 0.2) is 11.4 Å². The van der Waals surface area contributed by atoms with E-state index in [-0.39, 0.29) is 12.6 Å². The Bertz CT molecular complexity index is 307. The number of thiophene rings is 1. The molecular formula is C10H16F2N2OS. The largest absolute Gasteiger partial charge is 0.375 e. The molecule has 6 heteroatoms. The zero-order chi connectivity index (χ0) is 12.0. The maximum absolute atomic E-state index is 11.8. The Hall–Kier alpha value is -0.560. The summed E-state index contributed by atoms with van der Waals surface area (Å²) in [5.41, 5.74) is 3.73. The zero-order valence-electron chi connectivity index (χ0n) is 9.08. The summed E-state index contributed by atoms with van der Waals surface area (Å²) in [6.45, 7) is 1.77. The molecular weight excluding hydrogens is 234 g/mol. The van der Waals surface area contributed by atoms with Crippen molar-refractivity contribution in [3.8, 4) is 0 Å². The Morgan fingerprint density at radius 3 is 2.81 bits per heavy atom. The number of aryl methyl sites for hydroxylation is 1. The maximum Gasteiger partial charge on any atom is 0.261 e. The van der Waals surface area contributed by atoms with E-state index in [2.05, 4.69) is 5.43 Å². The van der Waals surface area contributed by atoms with E-state index in [4.69, 9.17) is 10.6 Å². The van der Waals surface area contributed by atoms with E-state index < -0.39 is 13.0 Å². The number of nitrogens with one attached hydrogen (secondary N) is 1. The number of hydrazine groups is 1. The van der Waals surface area contributed by atoms with Gasteiger partial charge >= 0.3 is 0 Å². The number of rotatable bonds is 7. The summed E-state index contributed by atoms with van der Waals surface area (Å²) in [5.74, 6) is 5.41. The highest BCUT2D eigenvalue weighted by Gasteiger charge is 2.11. The van der Waals surface area contributed by atoms with E-state index in [1.807, 2.05) is 18.4 Å². The smallest absolute Gasteiger partial charge is 0.261 e. The lowest BCUT2D eigenvalue weighted by atomic mass is 10.1. The van der Waals surface area contributed by atoms with Crippen molar-refractivity contribution in [2.24, 2.45) is 5.84 Å². The second kappa shape index (κ2) is 6.90. The monoisotopic (exact) mass is 250 g/mol. The average molecular weight is 250 g/mol. The van der Waals surface area contributed by atoms with E-state index in [1.54, 1.807) is 11.3 Å². The van der Waals surface area contributed by atoms with Crippen molar-refractivity contribution in [3.63, 3.8) is 0 Å². The highest BCUT2D eigenvalue weighted by Crippen LogP contribution is 2.22. The van der Waals surface area contributed by atoms with Crippen LogP contribution in [0.25, 0.3) is 0 Å². The van der Waals surface area contributed by atoms with Gasteiger partial charge in [0, 0.05) is 17.5 Å². The fraction of sp³-hybridized carbons (Fsp3) is 0.600. The van der Waals surface area contributed by atoms with Gasteiger partial charge in [0.2, 0.25) is 0 Å². The number of nitrogens with two attached hydrogens (primary N) is 1. The fourth-order valence-electron chi connectivity index (χ4n) is 1.37. The van der Waals surface area contributed by atoms with Gasteiger partial charge in [0.05, 0.1) is 0 Å². The highest BCUT2D eigenvalue weighted by atomic mass is 32.1. The van der Waals surface area contributed by atoms with Crippen molar-refractivity contribution in [2.45, 2.75) is 25.8 Å². The molecule has 0 bridgehead atoms. The molecule has 3 N–H and O–H groups in total. The van der Waals surface area contributed by atoms with Crippen molar-refractivity contribution in [3.05, 3.63) is 21.9 Å². The molecule has 1 aromatic heterocycles. The minimum Gasteiger partial charge on any atom is -0.375 e. The van der Waals surface area contributed by atoms with Gasteiger partial charge in [-0.05, 0) is 30.4 Å². The molecule has 0 aliphatic carbocycles. The summed E-state index contributed by atoms with van der Waals surface area (Å²) in [5, 5.41) is 2.01. The summed E-state index contributed by atoms with van der Waals surface area (Å²) in [4.78, 5) is 1.20. The van der Waals surface area contributed by atoms with Gasteiger partial charge in [-0.2, -0.15) is 0 Å². The topological polar surface area (TPSA) is 47.3 Å². The molecule has 3 nitrogen and oxygen atoms in total. The predicted molar refractivity (Wildman–Crippen MR) is 60.6 cm³/mol. The Balaban J connectivity index is 2.32. The Morgan fingerprint density at radius 1 is 1.56 bits per heavy atom. The molecule has 0 saturated heterocycles. The molecule has 0 amide bonds. The first-order valence-electron chi connectivity index (χ1n) is 5.00. The minimum absolute atomic E-state index is 0.0392. The molecule has 1 rings (SSSR count). The molecule has 1 atom stereocenters. The summed E-state index contributed by atoms with van der Waals surface area (Å²) in [7, 11) is 0. The van der Waals surface area contributed by atoms with Crippen LogP contribution in [0.1, 0.15) is 22.9 Å². The fourth-order valence-corrected chi connectivity index (χ4v) is 2.12. The molecule has 1 aromatic rings. The standard InChI is InChI=1S/C10H16F2N2OS/c1-7-4-8(6-16-7)9(14-13)2-3-15-5-10(11)12/h4,6,9-10,14H,2-3,5,13H2,1H3. The van der Waals surface area contributed by atoms with Crippen molar-refractivity contribution in [1.82, 2.24) is 5.43 Å². The van der Waals surface area contributed by atoms with E-state index >= 15 is 0 Å². The van der Waals surface area contributed by atoms with Crippen LogP contribution in [-0.4, -0.2) is 19.6 Å². The molecule has 16 heavy (non-hydrogen) atoms. The van der Waals surface area contributed by atoms with E-state index in [1.165, 1.54) is 4.88 Å². The van der Waals surface area contributed by atoms with Crippen LogP contribution < -0.4 is 11.3 Å². The van der Waals surface area contributed by atoms with Crippen LogP contribution in [-0.2, 0) is 4.74 Å². The van der Waals surface area contributed by atoms with Gasteiger partial charge in [0.15, 0.2) is 0 Å². The van der Waals surface area contributed by atoms with Crippen molar-refractivity contribution >= 4 is 11.3 Å². The normalized spacial score (nSPS) is 13.3. The summed E-state index contributed by atoms with van der Waals surface area (Å²) >= 11 is 1.64. The zero-order valence-corrected chi connectivity index (χ0v) is 9.90. The number of ether oxygens (including phenoxy) is 1. The van der Waals surface area contributed by atoms with Gasteiger partial charge in [-0.3, -0.25) is 11.3 Å². The number of hydrogen-bond donors (Lipinski definition) is 2. The first-order chi connectivity index (χ1) is 7.63. The van der Waals surface area contributed by atoms with Crippen LogP contribution in [0.4, 0.5) is 8.78 Å². The lowest BCUT2D eigenvalue weighted by Gasteiger charge is -2.14. The summed E-state index contributed by atoms with van der Waals surface area (Å²) in [6.07, 6.45) is -1.83. The molecule has 0 aliphatic rings. The van der Waals surface area contributed by atoms with E-state index in [9.17, 15) is 8.78 Å². The van der Waals surface area contributed by atoms with Gasteiger partial charge in [0.1, 0.15) is 6.61 Å². The number of halogens is 2. The first-order valence-corrected chi connectivity index (χ1v) is 5.88. The third kappa shape index (κ3) is 4.52.